The van der Waals surface area contributed by atoms with E-state index >= 15 is 0 Å². The first kappa shape index (κ1) is 24.1. The lowest BCUT2D eigenvalue weighted by atomic mass is 10.1. The number of likely N-dealkylation sites (tertiary alicyclic amines) is 1. The van der Waals surface area contributed by atoms with Gasteiger partial charge in [0.05, 0.1) is 16.3 Å². The van der Waals surface area contributed by atoms with E-state index in [-0.39, 0.29) is 11.8 Å². The second-order valence-corrected chi connectivity index (χ2v) is 9.50. The fourth-order valence-corrected chi connectivity index (χ4v) is 4.81. The SMILES string of the molecule is CC(C)C1NC(=O)N(OC(=O)N2CCN(c3cccc(C(=O)N4CCCCC4)c3Cl)CC2)C1=O. The molecular formula is C23H30ClN5O5. The highest BCUT2D eigenvalue weighted by atomic mass is 35.5. The van der Waals surface area contributed by atoms with Crippen molar-refractivity contribution in [2.75, 3.05) is 44.2 Å². The second-order valence-electron chi connectivity index (χ2n) is 9.13. The van der Waals surface area contributed by atoms with Gasteiger partial charge in [0.15, 0.2) is 0 Å². The van der Waals surface area contributed by atoms with E-state index in [2.05, 4.69) is 5.32 Å². The maximum atomic E-state index is 13.0. The highest BCUT2D eigenvalue weighted by Crippen LogP contribution is 2.31. The van der Waals surface area contributed by atoms with Crippen molar-refractivity contribution in [3.8, 4) is 0 Å². The minimum absolute atomic E-state index is 0.0537. The number of benzene rings is 1. The van der Waals surface area contributed by atoms with Gasteiger partial charge in [-0.15, -0.1) is 0 Å². The quantitative estimate of drug-likeness (QED) is 0.650. The van der Waals surface area contributed by atoms with E-state index in [9.17, 15) is 19.2 Å². The van der Waals surface area contributed by atoms with Crippen LogP contribution in [0.1, 0.15) is 43.5 Å². The topological polar surface area (TPSA) is 102 Å². The molecule has 184 valence electrons. The predicted octanol–water partition coefficient (Wildman–Crippen LogP) is 2.72. The zero-order chi connectivity index (χ0) is 24.4. The summed E-state index contributed by atoms with van der Waals surface area (Å²) in [6.07, 6.45) is 2.39. The van der Waals surface area contributed by atoms with Crippen molar-refractivity contribution in [2.24, 2.45) is 5.92 Å². The Hall–Kier alpha value is -3.01. The summed E-state index contributed by atoms with van der Waals surface area (Å²) in [5.41, 5.74) is 1.23. The molecule has 1 aromatic carbocycles. The second kappa shape index (κ2) is 10.1. The molecule has 4 rings (SSSR count). The number of halogens is 1. The zero-order valence-electron chi connectivity index (χ0n) is 19.5. The van der Waals surface area contributed by atoms with Gasteiger partial charge in [-0.1, -0.05) is 36.6 Å². The number of hydrogen-bond acceptors (Lipinski definition) is 6. The van der Waals surface area contributed by atoms with Crippen LogP contribution in [-0.4, -0.2) is 84.1 Å². The molecule has 3 saturated heterocycles. The standard InChI is InChI=1S/C23H30ClN5O5/c1-15(2)19-21(31)29(22(32)25-19)34-23(33)28-13-11-26(12-14-28)17-8-6-7-16(18(17)24)20(30)27-9-4-3-5-10-27/h6-8,15,19H,3-5,9-14H2,1-2H3,(H,25,32). The van der Waals surface area contributed by atoms with Crippen LogP contribution in [0.2, 0.25) is 5.02 Å². The largest absolute Gasteiger partial charge is 0.434 e. The van der Waals surface area contributed by atoms with Crippen molar-refractivity contribution in [2.45, 2.75) is 39.2 Å². The predicted molar refractivity (Wildman–Crippen MR) is 125 cm³/mol. The summed E-state index contributed by atoms with van der Waals surface area (Å²) in [6.45, 7) is 6.65. The molecule has 1 unspecified atom stereocenters. The first-order valence-corrected chi connectivity index (χ1v) is 12.1. The van der Waals surface area contributed by atoms with Gasteiger partial charge < -0.3 is 24.9 Å². The average molecular weight is 492 g/mol. The van der Waals surface area contributed by atoms with Gasteiger partial charge in [-0.3, -0.25) is 9.59 Å². The number of urea groups is 1. The summed E-state index contributed by atoms with van der Waals surface area (Å²) < 4.78 is 0. The van der Waals surface area contributed by atoms with Gasteiger partial charge in [-0.25, -0.2) is 9.59 Å². The number of nitrogens with zero attached hydrogens (tertiary/aromatic N) is 4. The third kappa shape index (κ3) is 4.77. The molecule has 0 bridgehead atoms. The van der Waals surface area contributed by atoms with Crippen LogP contribution >= 0.6 is 11.6 Å². The lowest BCUT2D eigenvalue weighted by molar-refractivity contribution is -0.152. The highest BCUT2D eigenvalue weighted by Gasteiger charge is 2.43. The molecule has 3 heterocycles. The molecule has 0 aromatic heterocycles. The summed E-state index contributed by atoms with van der Waals surface area (Å²) >= 11 is 6.66. The van der Waals surface area contributed by atoms with E-state index in [1.165, 1.54) is 4.90 Å². The Morgan fingerprint density at radius 1 is 1.00 bits per heavy atom. The number of hydrogen-bond donors (Lipinski definition) is 1. The summed E-state index contributed by atoms with van der Waals surface area (Å²) in [5, 5.41) is 3.44. The van der Waals surface area contributed by atoms with Gasteiger partial charge in [0.2, 0.25) is 0 Å². The van der Waals surface area contributed by atoms with E-state index in [1.807, 2.05) is 21.9 Å². The lowest BCUT2D eigenvalue weighted by Crippen LogP contribution is -2.51. The number of nitrogens with one attached hydrogen (secondary N) is 1. The summed E-state index contributed by atoms with van der Waals surface area (Å²) in [5.74, 6) is -0.748. The van der Waals surface area contributed by atoms with E-state index < -0.39 is 24.1 Å². The normalized spacial score (nSPS) is 21.2. The molecule has 1 atom stereocenters. The molecule has 1 aromatic rings. The molecule has 0 saturated carbocycles. The summed E-state index contributed by atoms with van der Waals surface area (Å²) in [6, 6.07) is 3.99. The number of imide groups is 1. The van der Waals surface area contributed by atoms with Gasteiger partial charge in [0, 0.05) is 39.3 Å². The first-order chi connectivity index (χ1) is 16.3. The van der Waals surface area contributed by atoms with Gasteiger partial charge >= 0.3 is 12.1 Å². The van der Waals surface area contributed by atoms with E-state index in [0.717, 1.165) is 38.0 Å². The molecular weight excluding hydrogens is 462 g/mol. The highest BCUT2D eigenvalue weighted by molar-refractivity contribution is 6.36. The van der Waals surface area contributed by atoms with Crippen molar-refractivity contribution < 1.29 is 24.0 Å². The van der Waals surface area contributed by atoms with Crippen molar-refractivity contribution in [1.29, 1.82) is 0 Å². The van der Waals surface area contributed by atoms with Crippen LogP contribution in [0.3, 0.4) is 0 Å². The van der Waals surface area contributed by atoms with Crippen LogP contribution in [0.25, 0.3) is 0 Å². The smallest absolute Gasteiger partial charge is 0.367 e. The Morgan fingerprint density at radius 3 is 2.29 bits per heavy atom. The van der Waals surface area contributed by atoms with E-state index in [0.29, 0.717) is 41.8 Å². The molecule has 11 heteroatoms. The van der Waals surface area contributed by atoms with Crippen LogP contribution in [0.4, 0.5) is 15.3 Å². The van der Waals surface area contributed by atoms with Gasteiger partial charge in [0.25, 0.3) is 11.8 Å². The average Bonchev–Trinajstić information content (AvgIpc) is 3.13. The number of amides is 5. The molecule has 0 radical (unpaired) electrons. The number of piperazine rings is 1. The fourth-order valence-electron chi connectivity index (χ4n) is 4.48. The fraction of sp³-hybridized carbons (Fsp3) is 0.565. The van der Waals surface area contributed by atoms with Gasteiger partial charge in [-0.2, -0.15) is 0 Å². The lowest BCUT2D eigenvalue weighted by Gasteiger charge is -2.36. The number of hydroxylamine groups is 2. The van der Waals surface area contributed by atoms with E-state index in [1.54, 1.807) is 19.9 Å². The molecule has 10 nitrogen and oxygen atoms in total. The Kier molecular flexibility index (Phi) is 7.16. The Labute approximate surface area is 203 Å². The molecule has 3 fully saturated rings. The third-order valence-electron chi connectivity index (χ3n) is 6.50. The molecule has 5 amide bonds. The molecule has 1 N–H and O–H groups in total. The van der Waals surface area contributed by atoms with Crippen molar-refractivity contribution in [3.63, 3.8) is 0 Å². The third-order valence-corrected chi connectivity index (χ3v) is 6.89. The Morgan fingerprint density at radius 2 is 1.68 bits per heavy atom. The number of carbonyl (C=O) groups excluding carboxylic acids is 4. The van der Waals surface area contributed by atoms with Crippen LogP contribution in [0.15, 0.2) is 18.2 Å². The zero-order valence-corrected chi connectivity index (χ0v) is 20.2. The summed E-state index contributed by atoms with van der Waals surface area (Å²) in [7, 11) is 0. The minimum Gasteiger partial charge on any atom is -0.367 e. The molecule has 3 aliphatic rings. The minimum atomic E-state index is -0.757. The van der Waals surface area contributed by atoms with Gasteiger partial charge in [0.1, 0.15) is 6.04 Å². The van der Waals surface area contributed by atoms with Crippen molar-refractivity contribution in [3.05, 3.63) is 28.8 Å². The molecule has 34 heavy (non-hydrogen) atoms. The van der Waals surface area contributed by atoms with Crippen LogP contribution in [0.5, 0.6) is 0 Å². The van der Waals surface area contributed by atoms with Crippen molar-refractivity contribution >= 4 is 41.2 Å². The van der Waals surface area contributed by atoms with Crippen LogP contribution in [-0.2, 0) is 9.63 Å². The van der Waals surface area contributed by atoms with E-state index in [4.69, 9.17) is 16.4 Å². The molecule has 0 aliphatic carbocycles. The molecule has 3 aliphatic heterocycles. The maximum absolute atomic E-state index is 13.0. The Bertz CT molecular complexity index is 972. The van der Waals surface area contributed by atoms with Gasteiger partial charge in [-0.05, 0) is 37.3 Å². The number of piperidine rings is 1. The molecule has 0 spiro atoms. The summed E-state index contributed by atoms with van der Waals surface area (Å²) in [4.78, 5) is 60.3. The number of rotatable bonds is 4. The maximum Gasteiger partial charge on any atom is 0.434 e. The Balaban J connectivity index is 1.36. The monoisotopic (exact) mass is 491 g/mol. The van der Waals surface area contributed by atoms with Crippen LogP contribution < -0.4 is 10.2 Å². The van der Waals surface area contributed by atoms with Crippen molar-refractivity contribution in [1.82, 2.24) is 20.2 Å². The first-order valence-electron chi connectivity index (χ1n) is 11.7. The van der Waals surface area contributed by atoms with Crippen LogP contribution in [0, 0.1) is 5.92 Å². The number of anilines is 1. The number of carbonyl (C=O) groups is 4.